The molecule has 0 atom stereocenters. The fourth-order valence-electron chi connectivity index (χ4n) is 2.39. The number of Topliss-reactive ketones (excluding diaryl/α,β-unsaturated/α-hetero) is 1. The number of ketones is 1. The molecule has 0 aliphatic carbocycles. The van der Waals surface area contributed by atoms with Gasteiger partial charge in [0.15, 0.2) is 5.78 Å². The van der Waals surface area contributed by atoms with Crippen molar-refractivity contribution in [2.45, 2.75) is 51.9 Å². The summed E-state index contributed by atoms with van der Waals surface area (Å²) in [6.45, 7) is 2.28. The van der Waals surface area contributed by atoms with Crippen molar-refractivity contribution in [1.82, 2.24) is 5.32 Å². The van der Waals surface area contributed by atoms with Crippen LogP contribution in [0.15, 0.2) is 24.3 Å². The lowest BCUT2D eigenvalue weighted by atomic mass is 10.0. The number of benzene rings is 1. The number of hydrogen-bond donors (Lipinski definition) is 1. The molecule has 5 nitrogen and oxygen atoms in total. The Morgan fingerprint density at radius 1 is 0.958 bits per heavy atom. The molecule has 0 aliphatic rings. The largest absolute Gasteiger partial charge is 0.469 e. The van der Waals surface area contributed by atoms with Crippen LogP contribution in [0.2, 0.25) is 0 Å². The second-order valence-electron chi connectivity index (χ2n) is 5.84. The molecule has 5 heteroatoms. The van der Waals surface area contributed by atoms with Crippen LogP contribution < -0.4 is 5.32 Å². The Hall–Kier alpha value is -2.17. The first-order chi connectivity index (χ1) is 11.5. The Bertz CT molecular complexity index is 537. The minimum atomic E-state index is -0.363. The molecular weight excluding hydrogens is 306 g/mol. The molecule has 0 aliphatic heterocycles. The predicted octanol–water partition coefficient (Wildman–Crippen LogP) is 3.06. The van der Waals surface area contributed by atoms with Crippen LogP contribution >= 0.6 is 0 Å². The van der Waals surface area contributed by atoms with Crippen molar-refractivity contribution in [3.63, 3.8) is 0 Å². The molecule has 1 aromatic rings. The number of ether oxygens (including phenoxy) is 1. The summed E-state index contributed by atoms with van der Waals surface area (Å²) in [7, 11) is 1.32. The lowest BCUT2D eigenvalue weighted by Crippen LogP contribution is -2.20. The van der Waals surface area contributed by atoms with E-state index in [9.17, 15) is 14.4 Å². The minimum absolute atomic E-state index is 0.0243. The SMILES string of the molecule is COC(=O)CCC(=O)c1ccc(CCCCCCNC(C)=O)cc1. The molecule has 1 rings (SSSR count). The molecule has 1 amide bonds. The van der Waals surface area contributed by atoms with Crippen molar-refractivity contribution in [3.05, 3.63) is 35.4 Å². The highest BCUT2D eigenvalue weighted by Gasteiger charge is 2.09. The molecule has 24 heavy (non-hydrogen) atoms. The zero-order chi connectivity index (χ0) is 17.8. The molecule has 0 aromatic heterocycles. The summed E-state index contributed by atoms with van der Waals surface area (Å²) >= 11 is 0. The highest BCUT2D eigenvalue weighted by Crippen LogP contribution is 2.12. The quantitative estimate of drug-likeness (QED) is 0.384. The van der Waals surface area contributed by atoms with Gasteiger partial charge in [-0.25, -0.2) is 0 Å². The molecule has 0 spiro atoms. The molecule has 0 bridgehead atoms. The van der Waals surface area contributed by atoms with E-state index in [-0.39, 0.29) is 30.5 Å². The van der Waals surface area contributed by atoms with Crippen molar-refractivity contribution in [2.24, 2.45) is 0 Å². The Kier molecular flexibility index (Phi) is 9.42. The van der Waals surface area contributed by atoms with Gasteiger partial charge >= 0.3 is 5.97 Å². The summed E-state index contributed by atoms with van der Waals surface area (Å²) in [6, 6.07) is 7.60. The molecule has 0 saturated carbocycles. The Balaban J connectivity index is 2.23. The maximum atomic E-state index is 11.9. The number of carbonyl (C=O) groups is 3. The van der Waals surface area contributed by atoms with Gasteiger partial charge in [-0.05, 0) is 24.8 Å². The first kappa shape index (κ1) is 19.9. The maximum Gasteiger partial charge on any atom is 0.305 e. The second-order valence-corrected chi connectivity index (χ2v) is 5.84. The number of methoxy groups -OCH3 is 1. The van der Waals surface area contributed by atoms with Crippen LogP contribution in [0.25, 0.3) is 0 Å². The molecule has 0 fully saturated rings. The van der Waals surface area contributed by atoms with Gasteiger partial charge < -0.3 is 10.1 Å². The highest BCUT2D eigenvalue weighted by molar-refractivity contribution is 5.97. The van der Waals surface area contributed by atoms with E-state index in [1.807, 2.05) is 24.3 Å². The van der Waals surface area contributed by atoms with Gasteiger partial charge in [0, 0.05) is 25.5 Å². The number of nitrogens with one attached hydrogen (secondary N) is 1. The molecule has 0 radical (unpaired) electrons. The van der Waals surface area contributed by atoms with E-state index in [1.54, 1.807) is 0 Å². The lowest BCUT2D eigenvalue weighted by Gasteiger charge is -2.05. The predicted molar refractivity (Wildman–Crippen MR) is 92.9 cm³/mol. The van der Waals surface area contributed by atoms with Gasteiger partial charge in [0.1, 0.15) is 0 Å². The van der Waals surface area contributed by atoms with Crippen molar-refractivity contribution >= 4 is 17.7 Å². The van der Waals surface area contributed by atoms with Crippen molar-refractivity contribution < 1.29 is 19.1 Å². The molecular formula is C19H27NO4. The van der Waals surface area contributed by atoms with Crippen molar-refractivity contribution in [3.8, 4) is 0 Å². The van der Waals surface area contributed by atoms with Gasteiger partial charge in [-0.2, -0.15) is 0 Å². The molecule has 1 N–H and O–H groups in total. The molecule has 1 aromatic carbocycles. The summed E-state index contributed by atoms with van der Waals surface area (Å²) in [6.07, 6.45) is 5.61. The number of carbonyl (C=O) groups excluding carboxylic acids is 3. The monoisotopic (exact) mass is 333 g/mol. The zero-order valence-electron chi connectivity index (χ0n) is 14.6. The molecule has 0 heterocycles. The van der Waals surface area contributed by atoms with Crippen molar-refractivity contribution in [1.29, 1.82) is 0 Å². The summed E-state index contributed by atoms with van der Waals surface area (Å²) in [5, 5.41) is 2.79. The Morgan fingerprint density at radius 3 is 2.25 bits per heavy atom. The Labute approximate surface area is 143 Å². The number of aryl methyl sites for hydroxylation is 1. The highest BCUT2D eigenvalue weighted by atomic mass is 16.5. The van der Waals surface area contributed by atoms with E-state index in [4.69, 9.17) is 0 Å². The number of hydrogen-bond acceptors (Lipinski definition) is 4. The summed E-state index contributed by atoms with van der Waals surface area (Å²) in [4.78, 5) is 33.7. The standard InChI is InChI=1S/C19H27NO4/c1-15(21)20-14-6-4-3-5-7-16-8-10-17(11-9-16)18(22)12-13-19(23)24-2/h8-11H,3-7,12-14H2,1-2H3,(H,20,21). The van der Waals surface area contributed by atoms with Crippen LogP contribution in [0.1, 0.15) is 61.4 Å². The minimum Gasteiger partial charge on any atom is -0.469 e. The van der Waals surface area contributed by atoms with Crippen LogP contribution in [-0.2, 0) is 20.7 Å². The number of amides is 1. The first-order valence-electron chi connectivity index (χ1n) is 8.46. The number of rotatable bonds is 11. The van der Waals surface area contributed by atoms with E-state index < -0.39 is 0 Å². The zero-order valence-corrected chi connectivity index (χ0v) is 14.6. The summed E-state index contributed by atoms with van der Waals surface area (Å²) < 4.78 is 4.53. The Morgan fingerprint density at radius 2 is 1.62 bits per heavy atom. The first-order valence-corrected chi connectivity index (χ1v) is 8.46. The van der Waals surface area contributed by atoms with Crippen LogP contribution in [0.3, 0.4) is 0 Å². The lowest BCUT2D eigenvalue weighted by molar-refractivity contribution is -0.140. The fraction of sp³-hybridized carbons (Fsp3) is 0.526. The van der Waals surface area contributed by atoms with E-state index in [0.717, 1.165) is 38.6 Å². The van der Waals surface area contributed by atoms with E-state index >= 15 is 0 Å². The topological polar surface area (TPSA) is 72.5 Å². The average Bonchev–Trinajstić information content (AvgIpc) is 2.58. The van der Waals surface area contributed by atoms with Gasteiger partial charge in [0.05, 0.1) is 13.5 Å². The second kappa shape index (κ2) is 11.4. The van der Waals surface area contributed by atoms with Crippen LogP contribution in [0.4, 0.5) is 0 Å². The number of unbranched alkanes of at least 4 members (excludes halogenated alkanes) is 3. The van der Waals surface area contributed by atoms with Crippen LogP contribution in [0, 0.1) is 0 Å². The summed E-state index contributed by atoms with van der Waals surface area (Å²) in [5.41, 5.74) is 1.85. The molecule has 0 saturated heterocycles. The van der Waals surface area contributed by atoms with Gasteiger partial charge in [-0.15, -0.1) is 0 Å². The van der Waals surface area contributed by atoms with E-state index in [1.165, 1.54) is 19.6 Å². The third-order valence-corrected chi connectivity index (χ3v) is 3.83. The average molecular weight is 333 g/mol. The number of esters is 1. The summed E-state index contributed by atoms with van der Waals surface area (Å²) in [5.74, 6) is -0.375. The smallest absolute Gasteiger partial charge is 0.305 e. The van der Waals surface area contributed by atoms with E-state index in [0.29, 0.717) is 5.56 Å². The van der Waals surface area contributed by atoms with Crippen LogP contribution in [0.5, 0.6) is 0 Å². The third kappa shape index (κ3) is 8.46. The van der Waals surface area contributed by atoms with Gasteiger partial charge in [-0.3, -0.25) is 14.4 Å². The van der Waals surface area contributed by atoms with Gasteiger partial charge in [0.2, 0.25) is 5.91 Å². The molecule has 132 valence electrons. The van der Waals surface area contributed by atoms with Gasteiger partial charge in [0.25, 0.3) is 0 Å². The van der Waals surface area contributed by atoms with Crippen LogP contribution in [-0.4, -0.2) is 31.3 Å². The van der Waals surface area contributed by atoms with Gasteiger partial charge in [-0.1, -0.05) is 37.1 Å². The fourth-order valence-corrected chi connectivity index (χ4v) is 2.39. The normalized spacial score (nSPS) is 10.2. The third-order valence-electron chi connectivity index (χ3n) is 3.83. The van der Waals surface area contributed by atoms with Crippen molar-refractivity contribution in [2.75, 3.05) is 13.7 Å². The maximum absolute atomic E-state index is 11.9. The molecule has 0 unspecified atom stereocenters. The van der Waals surface area contributed by atoms with E-state index in [2.05, 4.69) is 10.1 Å².